The van der Waals surface area contributed by atoms with Crippen LogP contribution in [0.2, 0.25) is 0 Å². The van der Waals surface area contributed by atoms with Crippen LogP contribution in [0.15, 0.2) is 108 Å². The van der Waals surface area contributed by atoms with Gasteiger partial charge in [-0.25, -0.2) is 8.42 Å². The molecule has 0 saturated heterocycles. The fraction of sp³-hybridized carbons (Fsp3) is 0.297. The van der Waals surface area contributed by atoms with Crippen molar-refractivity contribution in [3.63, 3.8) is 0 Å². The fourth-order valence-electron chi connectivity index (χ4n) is 5.01. The standard InChI is InChI=1S/C37H43N3O4S/c1-6-30(5)38-37(42)35(24-31-13-9-7-10-14-31)39(25-32-20-17-27(2)18-21-32)36(41)26-40(33-22-19-28(3)29(4)23-33)45(43,44)34-15-11-8-12-16-34/h7-23,30,35H,6,24-26H2,1-5H3,(H,38,42). The van der Waals surface area contributed by atoms with Crippen LogP contribution in [0.5, 0.6) is 0 Å². The molecular weight excluding hydrogens is 582 g/mol. The minimum Gasteiger partial charge on any atom is -0.352 e. The molecule has 1 N–H and O–H groups in total. The van der Waals surface area contributed by atoms with Gasteiger partial charge in [0.05, 0.1) is 10.6 Å². The van der Waals surface area contributed by atoms with E-state index < -0.39 is 28.5 Å². The smallest absolute Gasteiger partial charge is 0.264 e. The van der Waals surface area contributed by atoms with Gasteiger partial charge >= 0.3 is 0 Å². The summed E-state index contributed by atoms with van der Waals surface area (Å²) in [5.41, 5.74) is 5.10. The molecule has 7 nitrogen and oxygen atoms in total. The highest BCUT2D eigenvalue weighted by molar-refractivity contribution is 7.92. The molecule has 2 atom stereocenters. The Labute approximate surface area is 268 Å². The normalized spacial score (nSPS) is 12.6. The van der Waals surface area contributed by atoms with Crippen molar-refractivity contribution in [3.8, 4) is 0 Å². The molecule has 0 heterocycles. The van der Waals surface area contributed by atoms with Gasteiger partial charge in [-0.2, -0.15) is 0 Å². The molecule has 0 aliphatic rings. The van der Waals surface area contributed by atoms with Gasteiger partial charge in [0.2, 0.25) is 11.8 Å². The topological polar surface area (TPSA) is 86.8 Å². The van der Waals surface area contributed by atoms with Gasteiger partial charge in [0.25, 0.3) is 10.0 Å². The second-order valence-corrected chi connectivity index (χ2v) is 13.5. The molecule has 236 valence electrons. The lowest BCUT2D eigenvalue weighted by molar-refractivity contribution is -0.140. The predicted octanol–water partition coefficient (Wildman–Crippen LogP) is 6.36. The highest BCUT2D eigenvalue weighted by Gasteiger charge is 2.35. The van der Waals surface area contributed by atoms with Crippen molar-refractivity contribution in [2.24, 2.45) is 0 Å². The number of nitrogens with one attached hydrogen (secondary N) is 1. The average Bonchev–Trinajstić information content (AvgIpc) is 3.04. The third kappa shape index (κ3) is 8.60. The van der Waals surface area contributed by atoms with Gasteiger partial charge < -0.3 is 10.2 Å². The van der Waals surface area contributed by atoms with Gasteiger partial charge in [-0.15, -0.1) is 0 Å². The highest BCUT2D eigenvalue weighted by Crippen LogP contribution is 2.27. The third-order valence-corrected chi connectivity index (χ3v) is 9.92. The number of benzene rings is 4. The average molecular weight is 626 g/mol. The molecule has 4 aromatic rings. The summed E-state index contributed by atoms with van der Waals surface area (Å²) in [4.78, 5) is 30.1. The van der Waals surface area contributed by atoms with Crippen LogP contribution in [0.4, 0.5) is 5.69 Å². The lowest BCUT2D eigenvalue weighted by atomic mass is 10.0. The number of carbonyl (C=O) groups is 2. The van der Waals surface area contributed by atoms with Crippen LogP contribution in [-0.2, 0) is 32.6 Å². The van der Waals surface area contributed by atoms with Crippen molar-refractivity contribution >= 4 is 27.5 Å². The summed E-state index contributed by atoms with van der Waals surface area (Å²) in [6.45, 7) is 9.42. The largest absolute Gasteiger partial charge is 0.352 e. The Morgan fingerprint density at radius 3 is 2.00 bits per heavy atom. The highest BCUT2D eigenvalue weighted by atomic mass is 32.2. The number of rotatable bonds is 13. The molecule has 4 rings (SSSR count). The number of carbonyl (C=O) groups excluding carboxylic acids is 2. The van der Waals surface area contributed by atoms with Crippen molar-refractivity contribution in [2.75, 3.05) is 10.8 Å². The quantitative estimate of drug-likeness (QED) is 0.187. The minimum atomic E-state index is -4.13. The van der Waals surface area contributed by atoms with Crippen molar-refractivity contribution in [3.05, 3.63) is 131 Å². The van der Waals surface area contributed by atoms with E-state index in [-0.39, 0.29) is 29.8 Å². The number of amides is 2. The molecular formula is C37H43N3O4S. The molecule has 0 spiro atoms. The molecule has 0 bridgehead atoms. The van der Waals surface area contributed by atoms with Gasteiger partial charge in [0.1, 0.15) is 12.6 Å². The maximum absolute atomic E-state index is 14.6. The van der Waals surface area contributed by atoms with E-state index in [0.717, 1.165) is 38.5 Å². The van der Waals surface area contributed by atoms with Crippen molar-refractivity contribution < 1.29 is 18.0 Å². The first kappa shape index (κ1) is 33.5. The van der Waals surface area contributed by atoms with Gasteiger partial charge in [-0.1, -0.05) is 91.3 Å². The Morgan fingerprint density at radius 2 is 1.40 bits per heavy atom. The number of aryl methyl sites for hydroxylation is 3. The van der Waals surface area contributed by atoms with E-state index in [2.05, 4.69) is 5.32 Å². The van der Waals surface area contributed by atoms with E-state index in [0.29, 0.717) is 5.69 Å². The lowest BCUT2D eigenvalue weighted by Crippen LogP contribution is -2.54. The summed E-state index contributed by atoms with van der Waals surface area (Å²) in [6.07, 6.45) is 1.00. The molecule has 0 aromatic heterocycles. The zero-order chi connectivity index (χ0) is 32.6. The van der Waals surface area contributed by atoms with Crippen LogP contribution in [0.1, 0.15) is 48.1 Å². The first-order valence-corrected chi connectivity index (χ1v) is 16.8. The van der Waals surface area contributed by atoms with Crippen molar-refractivity contribution in [2.45, 2.75) is 71.0 Å². The minimum absolute atomic E-state index is 0.0801. The Balaban J connectivity index is 1.81. The maximum Gasteiger partial charge on any atom is 0.264 e. The van der Waals surface area contributed by atoms with Gasteiger partial charge in [0, 0.05) is 19.0 Å². The van der Waals surface area contributed by atoms with Crippen LogP contribution >= 0.6 is 0 Å². The number of hydrogen-bond acceptors (Lipinski definition) is 4. The number of anilines is 1. The van der Waals surface area contributed by atoms with E-state index in [1.54, 1.807) is 30.3 Å². The van der Waals surface area contributed by atoms with E-state index in [9.17, 15) is 18.0 Å². The number of hydrogen-bond donors (Lipinski definition) is 1. The maximum atomic E-state index is 14.6. The third-order valence-electron chi connectivity index (χ3n) is 8.13. The van der Waals surface area contributed by atoms with Crippen LogP contribution in [0.25, 0.3) is 0 Å². The number of sulfonamides is 1. The Hall–Kier alpha value is -4.43. The molecule has 0 radical (unpaired) electrons. The summed E-state index contributed by atoms with van der Waals surface area (Å²) in [7, 11) is -4.13. The van der Waals surface area contributed by atoms with Crippen LogP contribution in [-0.4, -0.2) is 43.8 Å². The fourth-order valence-corrected chi connectivity index (χ4v) is 6.44. The molecule has 2 amide bonds. The zero-order valence-corrected chi connectivity index (χ0v) is 27.6. The van der Waals surface area contributed by atoms with Crippen LogP contribution in [0, 0.1) is 20.8 Å². The molecule has 45 heavy (non-hydrogen) atoms. The molecule has 8 heteroatoms. The second kappa shape index (κ2) is 15.0. The zero-order valence-electron chi connectivity index (χ0n) is 26.7. The van der Waals surface area contributed by atoms with Gasteiger partial charge in [-0.05, 0) is 80.6 Å². The Kier molecular flexibility index (Phi) is 11.2. The van der Waals surface area contributed by atoms with E-state index in [1.807, 2.05) is 95.3 Å². The Bertz CT molecular complexity index is 1690. The van der Waals surface area contributed by atoms with E-state index in [1.165, 1.54) is 17.0 Å². The molecule has 2 unspecified atom stereocenters. The summed E-state index contributed by atoms with van der Waals surface area (Å²) in [5.74, 6) is -0.758. The summed E-state index contributed by atoms with van der Waals surface area (Å²) >= 11 is 0. The van der Waals surface area contributed by atoms with E-state index >= 15 is 0 Å². The Morgan fingerprint density at radius 1 is 0.778 bits per heavy atom. The molecule has 4 aromatic carbocycles. The number of nitrogens with zero attached hydrogens (tertiary/aromatic N) is 2. The second-order valence-electron chi connectivity index (χ2n) is 11.6. The molecule has 0 aliphatic heterocycles. The van der Waals surface area contributed by atoms with Crippen molar-refractivity contribution in [1.82, 2.24) is 10.2 Å². The predicted molar refractivity (Wildman–Crippen MR) is 180 cm³/mol. The van der Waals surface area contributed by atoms with Gasteiger partial charge in [0.15, 0.2) is 0 Å². The molecule has 0 fully saturated rings. The first-order chi connectivity index (χ1) is 21.5. The van der Waals surface area contributed by atoms with E-state index in [4.69, 9.17) is 0 Å². The SMILES string of the molecule is CCC(C)NC(=O)C(Cc1ccccc1)N(Cc1ccc(C)cc1)C(=O)CN(c1ccc(C)c(C)c1)S(=O)(=O)c1ccccc1. The molecule has 0 aliphatic carbocycles. The van der Waals surface area contributed by atoms with Crippen molar-refractivity contribution in [1.29, 1.82) is 0 Å². The van der Waals surface area contributed by atoms with Gasteiger partial charge in [-0.3, -0.25) is 13.9 Å². The lowest BCUT2D eigenvalue weighted by Gasteiger charge is -2.34. The summed E-state index contributed by atoms with van der Waals surface area (Å²) in [6, 6.07) is 29.9. The summed E-state index contributed by atoms with van der Waals surface area (Å²) in [5, 5.41) is 3.07. The summed E-state index contributed by atoms with van der Waals surface area (Å²) < 4.78 is 29.4. The van der Waals surface area contributed by atoms with Crippen LogP contribution in [0.3, 0.4) is 0 Å². The first-order valence-electron chi connectivity index (χ1n) is 15.3. The monoisotopic (exact) mass is 625 g/mol. The van der Waals surface area contributed by atoms with Crippen LogP contribution < -0.4 is 9.62 Å². The molecule has 0 saturated carbocycles.